The molecule has 1 atom stereocenters. The number of hydrogen-bond acceptors (Lipinski definition) is 7. The number of aryl methyl sites for hydroxylation is 1. The van der Waals surface area contributed by atoms with E-state index in [2.05, 4.69) is 20.7 Å². The number of esters is 1. The number of benzene rings is 2. The Kier molecular flexibility index (Phi) is 7.93. The smallest absolute Gasteiger partial charge is 0.338 e. The maximum atomic E-state index is 13.6. The van der Waals surface area contributed by atoms with Crippen LogP contribution >= 0.6 is 23.2 Å². The molecule has 1 unspecified atom stereocenters. The van der Waals surface area contributed by atoms with Crippen molar-refractivity contribution in [3.8, 4) is 0 Å². The Bertz CT molecular complexity index is 1320. The second kappa shape index (κ2) is 11.1. The minimum absolute atomic E-state index is 0.0175. The Balaban J connectivity index is 1.69. The molecule has 1 amide bonds. The number of anilines is 2. The van der Waals surface area contributed by atoms with Crippen molar-refractivity contribution >= 4 is 46.7 Å². The van der Waals surface area contributed by atoms with Crippen molar-refractivity contribution in [3.05, 3.63) is 80.7 Å². The summed E-state index contributed by atoms with van der Waals surface area (Å²) in [6, 6.07) is 10.8. The number of halogens is 2. The zero-order chi connectivity index (χ0) is 25.8. The molecule has 188 valence electrons. The number of fused-ring (bicyclic) bond motifs is 1. The van der Waals surface area contributed by atoms with Crippen LogP contribution in [0.25, 0.3) is 0 Å². The first kappa shape index (κ1) is 25.7. The fourth-order valence-electron chi connectivity index (χ4n) is 3.95. The van der Waals surface area contributed by atoms with Crippen molar-refractivity contribution in [1.82, 2.24) is 14.8 Å². The number of amides is 1. The Hall–Kier alpha value is -3.40. The maximum Gasteiger partial charge on any atom is 0.338 e. The molecule has 0 bridgehead atoms. The third-order valence-corrected chi connectivity index (χ3v) is 6.17. The molecule has 3 N–H and O–H groups in total. The molecule has 11 heteroatoms. The first-order valence-electron chi connectivity index (χ1n) is 11.4. The van der Waals surface area contributed by atoms with Gasteiger partial charge in [-0.05, 0) is 56.7 Å². The number of ether oxygens (including phenoxy) is 1. The first-order chi connectivity index (χ1) is 17.3. The van der Waals surface area contributed by atoms with E-state index in [1.807, 2.05) is 0 Å². The van der Waals surface area contributed by atoms with Gasteiger partial charge in [-0.25, -0.2) is 9.48 Å². The van der Waals surface area contributed by atoms with Crippen LogP contribution in [0, 0.1) is 0 Å². The maximum absolute atomic E-state index is 13.6. The Labute approximate surface area is 218 Å². The van der Waals surface area contributed by atoms with Gasteiger partial charge >= 0.3 is 5.97 Å². The number of hydrogen-bond donors (Lipinski definition) is 3. The molecule has 0 saturated heterocycles. The topological polar surface area (TPSA) is 118 Å². The monoisotopic (exact) mass is 529 g/mol. The van der Waals surface area contributed by atoms with E-state index in [-0.39, 0.29) is 19.1 Å². The van der Waals surface area contributed by atoms with E-state index in [1.54, 1.807) is 61.0 Å². The zero-order valence-corrected chi connectivity index (χ0v) is 21.2. The normalized spacial score (nSPS) is 14.8. The van der Waals surface area contributed by atoms with Crippen LogP contribution in [0.15, 0.2) is 53.7 Å². The summed E-state index contributed by atoms with van der Waals surface area (Å²) in [6.07, 6.45) is 0.990. The Morgan fingerprint density at radius 2 is 1.94 bits per heavy atom. The lowest BCUT2D eigenvalue weighted by atomic mass is 9.95. The largest absolute Gasteiger partial charge is 0.462 e. The summed E-state index contributed by atoms with van der Waals surface area (Å²) in [5.74, 6) is 0.189. The molecule has 2 heterocycles. The molecule has 0 spiro atoms. The van der Waals surface area contributed by atoms with E-state index in [0.29, 0.717) is 62.7 Å². The number of aromatic nitrogens is 3. The van der Waals surface area contributed by atoms with Gasteiger partial charge < -0.3 is 20.5 Å². The van der Waals surface area contributed by atoms with Crippen LogP contribution in [-0.4, -0.2) is 45.0 Å². The van der Waals surface area contributed by atoms with Gasteiger partial charge in [0.15, 0.2) is 5.82 Å². The number of nitrogens with one attached hydrogen (secondary N) is 2. The van der Waals surface area contributed by atoms with E-state index in [9.17, 15) is 14.7 Å². The molecule has 36 heavy (non-hydrogen) atoms. The third-order valence-electron chi connectivity index (χ3n) is 5.61. The lowest BCUT2D eigenvalue weighted by Crippen LogP contribution is -2.31. The molecule has 9 nitrogen and oxygen atoms in total. The molecular weight excluding hydrogens is 505 g/mol. The first-order valence-corrected chi connectivity index (χ1v) is 12.2. The minimum Gasteiger partial charge on any atom is -0.462 e. The van der Waals surface area contributed by atoms with Crippen molar-refractivity contribution in [2.24, 2.45) is 0 Å². The molecule has 0 radical (unpaired) electrons. The number of carbonyl (C=O) groups is 2. The van der Waals surface area contributed by atoms with E-state index in [1.165, 1.54) is 0 Å². The summed E-state index contributed by atoms with van der Waals surface area (Å²) in [7, 11) is 0. The van der Waals surface area contributed by atoms with Gasteiger partial charge in [-0.2, -0.15) is 10.1 Å². The van der Waals surface area contributed by atoms with Gasteiger partial charge in [0.25, 0.3) is 5.91 Å². The van der Waals surface area contributed by atoms with Crippen molar-refractivity contribution in [2.75, 3.05) is 23.8 Å². The highest BCUT2D eigenvalue weighted by Gasteiger charge is 2.35. The standard InChI is InChI=1S/C25H25Cl2N5O4/c1-3-36-24(35)15-6-9-17(10-7-15)29-23(34)21-14(2)28-25-30-20(5-4-12-33)31-32(25)22(21)18-11-8-16(26)13-19(18)27/h6-11,13,22,33H,3-5,12H2,1-2H3,(H,29,34)(H,28,30,31). The van der Waals surface area contributed by atoms with Gasteiger partial charge in [-0.15, -0.1) is 0 Å². The van der Waals surface area contributed by atoms with E-state index >= 15 is 0 Å². The van der Waals surface area contributed by atoms with Crippen LogP contribution < -0.4 is 10.6 Å². The van der Waals surface area contributed by atoms with E-state index in [0.717, 1.165) is 0 Å². The zero-order valence-electron chi connectivity index (χ0n) is 19.7. The number of aliphatic hydroxyl groups excluding tert-OH is 1. The summed E-state index contributed by atoms with van der Waals surface area (Å²) in [5.41, 5.74) is 2.49. The average molecular weight is 530 g/mol. The van der Waals surface area contributed by atoms with Gasteiger partial charge in [0.05, 0.1) is 17.7 Å². The average Bonchev–Trinajstić information content (AvgIpc) is 3.25. The van der Waals surface area contributed by atoms with Gasteiger partial charge in [0.2, 0.25) is 5.95 Å². The quantitative estimate of drug-likeness (QED) is 0.364. The van der Waals surface area contributed by atoms with Crippen LogP contribution in [-0.2, 0) is 16.0 Å². The second-order valence-electron chi connectivity index (χ2n) is 8.11. The Morgan fingerprint density at radius 3 is 2.61 bits per heavy atom. The van der Waals surface area contributed by atoms with Crippen molar-refractivity contribution in [2.45, 2.75) is 32.7 Å². The third kappa shape index (κ3) is 5.38. The molecule has 3 aromatic rings. The number of allylic oxidation sites excluding steroid dienone is 1. The van der Waals surface area contributed by atoms with Crippen LogP contribution in [0.4, 0.5) is 11.6 Å². The SMILES string of the molecule is CCOC(=O)c1ccc(NC(=O)C2=C(C)Nc3nc(CCCO)nn3C2c2ccc(Cl)cc2Cl)cc1. The van der Waals surface area contributed by atoms with Crippen molar-refractivity contribution < 1.29 is 19.4 Å². The van der Waals surface area contributed by atoms with Gasteiger partial charge in [0.1, 0.15) is 6.04 Å². The molecule has 0 aliphatic carbocycles. The minimum atomic E-state index is -0.680. The highest BCUT2D eigenvalue weighted by Crippen LogP contribution is 2.39. The number of aliphatic hydroxyl groups is 1. The van der Waals surface area contributed by atoms with Gasteiger partial charge in [-0.3, -0.25) is 4.79 Å². The highest BCUT2D eigenvalue weighted by atomic mass is 35.5. The molecule has 2 aromatic carbocycles. The number of nitrogens with zero attached hydrogens (tertiary/aromatic N) is 3. The van der Waals surface area contributed by atoms with E-state index < -0.39 is 12.0 Å². The molecule has 1 aromatic heterocycles. The summed E-state index contributed by atoms with van der Waals surface area (Å²) in [6.45, 7) is 3.81. The van der Waals surface area contributed by atoms with Crippen molar-refractivity contribution in [3.63, 3.8) is 0 Å². The van der Waals surface area contributed by atoms with Crippen LogP contribution in [0.1, 0.15) is 48.1 Å². The second-order valence-corrected chi connectivity index (χ2v) is 8.95. The fourth-order valence-corrected chi connectivity index (χ4v) is 4.46. The molecule has 0 fully saturated rings. The predicted octanol–water partition coefficient (Wildman–Crippen LogP) is 4.61. The van der Waals surface area contributed by atoms with Gasteiger partial charge in [0, 0.05) is 40.0 Å². The van der Waals surface area contributed by atoms with Crippen molar-refractivity contribution in [1.29, 1.82) is 0 Å². The molecule has 4 rings (SSSR count). The van der Waals surface area contributed by atoms with Crippen LogP contribution in [0.3, 0.4) is 0 Å². The molecular formula is C25H25Cl2N5O4. The van der Waals surface area contributed by atoms with Gasteiger partial charge in [-0.1, -0.05) is 29.3 Å². The fraction of sp³-hybridized carbons (Fsp3) is 0.280. The number of carbonyl (C=O) groups excluding carboxylic acids is 2. The Morgan fingerprint density at radius 1 is 1.19 bits per heavy atom. The summed E-state index contributed by atoms with van der Waals surface area (Å²) in [4.78, 5) is 30.0. The summed E-state index contributed by atoms with van der Waals surface area (Å²) < 4.78 is 6.63. The van der Waals surface area contributed by atoms with E-state index in [4.69, 9.17) is 27.9 Å². The number of rotatable bonds is 8. The predicted molar refractivity (Wildman–Crippen MR) is 137 cm³/mol. The molecule has 1 aliphatic rings. The lowest BCUT2D eigenvalue weighted by Gasteiger charge is -2.29. The van der Waals surface area contributed by atoms with Crippen LogP contribution in [0.5, 0.6) is 0 Å². The summed E-state index contributed by atoms with van der Waals surface area (Å²) >= 11 is 12.7. The molecule has 0 saturated carbocycles. The highest BCUT2D eigenvalue weighted by molar-refractivity contribution is 6.35. The lowest BCUT2D eigenvalue weighted by molar-refractivity contribution is -0.113. The molecule has 1 aliphatic heterocycles. The summed E-state index contributed by atoms with van der Waals surface area (Å²) in [5, 5.41) is 20.7. The van der Waals surface area contributed by atoms with Crippen LogP contribution in [0.2, 0.25) is 10.0 Å².